The van der Waals surface area contributed by atoms with Gasteiger partial charge in [0.25, 0.3) is 0 Å². The predicted molar refractivity (Wildman–Crippen MR) is 128 cm³/mol. The number of allylic oxidation sites excluding steroid dienone is 2. The van der Waals surface area contributed by atoms with Gasteiger partial charge in [0.2, 0.25) is 0 Å². The lowest BCUT2D eigenvalue weighted by Crippen LogP contribution is -2.45. The first kappa shape index (κ1) is 24.3. The van der Waals surface area contributed by atoms with Crippen LogP contribution in [-0.2, 0) is 9.16 Å². The summed E-state index contributed by atoms with van der Waals surface area (Å²) >= 11 is 6.63. The Hall–Kier alpha value is 1.31. The molecule has 2 nitrogen and oxygen atoms in total. The summed E-state index contributed by atoms with van der Waals surface area (Å²) in [6.07, 6.45) is 7.43. The van der Waals surface area contributed by atoms with Crippen LogP contribution in [0.15, 0.2) is 9.66 Å². The van der Waals surface area contributed by atoms with Crippen molar-refractivity contribution < 1.29 is 9.16 Å². The minimum absolute atomic E-state index is 0.225. The third-order valence-corrected chi connectivity index (χ3v) is 13.4. The van der Waals surface area contributed by atoms with Crippen LogP contribution in [-0.4, -0.2) is 43.7 Å². The molecular weight excluding hydrogens is 479 g/mol. The van der Waals surface area contributed by atoms with E-state index in [1.54, 1.807) is 0 Å². The van der Waals surface area contributed by atoms with Gasteiger partial charge in [0.1, 0.15) is 0 Å². The lowest BCUT2D eigenvalue weighted by Gasteiger charge is -2.38. The van der Waals surface area contributed by atoms with Gasteiger partial charge in [-0.05, 0) is 88.4 Å². The highest BCUT2D eigenvalue weighted by atomic mass is 127. The molecule has 0 bridgehead atoms. The molecule has 25 heavy (non-hydrogen) atoms. The van der Waals surface area contributed by atoms with Gasteiger partial charge in [0.15, 0.2) is 8.32 Å². The van der Waals surface area contributed by atoms with Crippen LogP contribution in [0.5, 0.6) is 0 Å². The zero-order valence-electron chi connectivity index (χ0n) is 16.7. The maximum absolute atomic E-state index is 6.93. The van der Waals surface area contributed by atoms with Gasteiger partial charge in [-0.15, -0.1) is 23.5 Å². The van der Waals surface area contributed by atoms with Crippen molar-refractivity contribution in [2.24, 2.45) is 0 Å². The van der Waals surface area contributed by atoms with Gasteiger partial charge in [0, 0.05) is 7.11 Å². The highest BCUT2D eigenvalue weighted by molar-refractivity contribution is 14.1. The second-order valence-electron chi connectivity index (χ2n) is 6.80. The van der Waals surface area contributed by atoms with Gasteiger partial charge in [0.05, 0.1) is 16.8 Å². The number of methoxy groups -OCH3 is 1. The van der Waals surface area contributed by atoms with Gasteiger partial charge in [-0.1, -0.05) is 26.8 Å². The monoisotopic (exact) mass is 516 g/mol. The van der Waals surface area contributed by atoms with E-state index in [4.69, 9.17) is 9.16 Å². The summed E-state index contributed by atoms with van der Waals surface area (Å²) in [5, 5.41) is 0. The van der Waals surface area contributed by atoms with Gasteiger partial charge in [-0.25, -0.2) is 0 Å². The molecule has 2 atom stereocenters. The zero-order chi connectivity index (χ0) is 18.7. The van der Waals surface area contributed by atoms with Crippen LogP contribution in [0.1, 0.15) is 53.4 Å². The summed E-state index contributed by atoms with van der Waals surface area (Å²) in [6.45, 7) is 9.13. The lowest BCUT2D eigenvalue weighted by atomic mass is 10.1. The molecule has 0 aromatic carbocycles. The molecule has 148 valence electrons. The van der Waals surface area contributed by atoms with Crippen LogP contribution in [0, 0.1) is 0 Å². The van der Waals surface area contributed by atoms with E-state index in [-0.39, 0.29) is 12.2 Å². The summed E-state index contributed by atoms with van der Waals surface area (Å²) in [6, 6.07) is 3.63. The topological polar surface area (TPSA) is 18.5 Å². The van der Waals surface area contributed by atoms with Crippen molar-refractivity contribution in [3.8, 4) is 0 Å². The van der Waals surface area contributed by atoms with Crippen molar-refractivity contribution in [2.45, 2.75) is 88.3 Å². The Kier molecular flexibility index (Phi) is 13.1. The molecular formula is C19H37IO2S2Si. The minimum atomic E-state index is -1.62. The summed E-state index contributed by atoms with van der Waals surface area (Å²) in [5.41, 5.74) is 0. The Morgan fingerprint density at radius 2 is 1.76 bits per heavy atom. The highest BCUT2D eigenvalue weighted by Crippen LogP contribution is 2.36. The van der Waals surface area contributed by atoms with Gasteiger partial charge in [-0.3, -0.25) is 0 Å². The standard InChI is InChI=1S/C19H37IO2S2Si/c1-6-25(7-2,8-3)22-17(12-9-11-16(4)20)18(21-5)15-19-23-13-10-14-24-19/h11,17-19H,6-10,12-15H2,1-5H3/b16-11+/t17-,18-/m0/s1. The minimum Gasteiger partial charge on any atom is -0.411 e. The van der Waals surface area contributed by atoms with E-state index in [2.05, 4.69) is 79.9 Å². The average molecular weight is 517 g/mol. The third-order valence-electron chi connectivity index (χ3n) is 5.25. The second kappa shape index (κ2) is 13.5. The maximum Gasteiger partial charge on any atom is 0.192 e. The third kappa shape index (κ3) is 8.90. The SMILES string of the molecule is CC[Si](CC)(CC)O[C@@H](CC/C=C(\C)I)[C@H](CC1SCCCS1)OC. The van der Waals surface area contributed by atoms with Crippen molar-refractivity contribution >= 4 is 54.4 Å². The molecule has 1 fully saturated rings. The Morgan fingerprint density at radius 1 is 1.16 bits per heavy atom. The number of hydrogen-bond donors (Lipinski definition) is 0. The maximum atomic E-state index is 6.93. The van der Waals surface area contributed by atoms with Crippen molar-refractivity contribution in [3.05, 3.63) is 9.66 Å². The largest absolute Gasteiger partial charge is 0.411 e. The Labute approximate surface area is 179 Å². The number of rotatable bonds is 12. The van der Waals surface area contributed by atoms with Crippen LogP contribution in [0.2, 0.25) is 18.1 Å². The molecule has 1 aliphatic rings. The molecule has 0 N–H and O–H groups in total. The Balaban J connectivity index is 2.82. The Morgan fingerprint density at radius 3 is 2.24 bits per heavy atom. The second-order valence-corrected chi connectivity index (χ2v) is 16.1. The van der Waals surface area contributed by atoms with Gasteiger partial charge < -0.3 is 9.16 Å². The fourth-order valence-corrected chi connectivity index (χ4v) is 9.52. The quantitative estimate of drug-likeness (QED) is 0.203. The van der Waals surface area contributed by atoms with Crippen molar-refractivity contribution in [2.75, 3.05) is 18.6 Å². The van der Waals surface area contributed by atoms with Crippen LogP contribution < -0.4 is 0 Å². The van der Waals surface area contributed by atoms with E-state index in [9.17, 15) is 0 Å². The molecule has 0 aliphatic carbocycles. The van der Waals surface area contributed by atoms with Crippen LogP contribution in [0.4, 0.5) is 0 Å². The fourth-order valence-electron chi connectivity index (χ4n) is 3.35. The highest BCUT2D eigenvalue weighted by Gasteiger charge is 2.36. The lowest BCUT2D eigenvalue weighted by molar-refractivity contribution is -0.00922. The fraction of sp³-hybridized carbons (Fsp3) is 0.895. The van der Waals surface area contributed by atoms with E-state index in [0.29, 0.717) is 4.58 Å². The van der Waals surface area contributed by atoms with Crippen molar-refractivity contribution in [3.63, 3.8) is 0 Å². The van der Waals surface area contributed by atoms with Crippen LogP contribution in [0.3, 0.4) is 0 Å². The normalized spacial score (nSPS) is 19.8. The molecule has 0 unspecified atom stereocenters. The van der Waals surface area contributed by atoms with E-state index in [0.717, 1.165) is 19.3 Å². The number of halogens is 1. The van der Waals surface area contributed by atoms with Crippen molar-refractivity contribution in [1.29, 1.82) is 0 Å². The molecule has 6 heteroatoms. The predicted octanol–water partition coefficient (Wildman–Crippen LogP) is 7.10. The molecule has 1 saturated heterocycles. The molecule has 1 heterocycles. The summed E-state index contributed by atoms with van der Waals surface area (Å²) in [5.74, 6) is 2.60. The summed E-state index contributed by atoms with van der Waals surface area (Å²) < 4.78 is 15.0. The van der Waals surface area contributed by atoms with Gasteiger partial charge >= 0.3 is 0 Å². The molecule has 1 aliphatic heterocycles. The number of ether oxygens (including phenoxy) is 1. The first-order valence-electron chi connectivity index (χ1n) is 9.76. The molecule has 0 aromatic rings. The van der Waals surface area contributed by atoms with Gasteiger partial charge in [-0.2, -0.15) is 0 Å². The van der Waals surface area contributed by atoms with E-state index >= 15 is 0 Å². The number of thioether (sulfide) groups is 2. The van der Waals surface area contributed by atoms with E-state index < -0.39 is 8.32 Å². The molecule has 0 radical (unpaired) electrons. The molecule has 0 amide bonds. The Bertz CT molecular complexity index is 373. The van der Waals surface area contributed by atoms with Crippen LogP contribution in [0.25, 0.3) is 0 Å². The summed E-state index contributed by atoms with van der Waals surface area (Å²) in [7, 11) is 0.262. The van der Waals surface area contributed by atoms with Crippen molar-refractivity contribution in [1.82, 2.24) is 0 Å². The average Bonchev–Trinajstić information content (AvgIpc) is 2.64. The molecule has 1 rings (SSSR count). The smallest absolute Gasteiger partial charge is 0.192 e. The van der Waals surface area contributed by atoms with E-state index in [1.807, 2.05) is 7.11 Å². The molecule has 0 aromatic heterocycles. The summed E-state index contributed by atoms with van der Waals surface area (Å²) in [4.78, 5) is 0. The first-order chi connectivity index (χ1) is 12.0. The molecule has 0 spiro atoms. The zero-order valence-corrected chi connectivity index (χ0v) is 21.5. The van der Waals surface area contributed by atoms with Crippen LogP contribution >= 0.6 is 46.1 Å². The molecule has 0 saturated carbocycles. The number of hydrogen-bond acceptors (Lipinski definition) is 4. The first-order valence-corrected chi connectivity index (χ1v) is 15.5. The van der Waals surface area contributed by atoms with E-state index in [1.165, 1.54) is 39.6 Å².